The van der Waals surface area contributed by atoms with Crippen LogP contribution in [-0.2, 0) is 0 Å². The first-order chi connectivity index (χ1) is 7.69. The van der Waals surface area contributed by atoms with Gasteiger partial charge in [-0.25, -0.2) is 0 Å². The molecule has 7 heteroatoms. The van der Waals surface area contributed by atoms with E-state index in [0.29, 0.717) is 11.3 Å². The van der Waals surface area contributed by atoms with E-state index >= 15 is 0 Å². The molecule has 1 unspecified atom stereocenters. The number of oxime groups is 1. The Balaban J connectivity index is 2.65. The second-order valence-electron chi connectivity index (χ2n) is 3.21. The molecule has 0 aliphatic heterocycles. The lowest BCUT2D eigenvalue weighted by Gasteiger charge is -2.15. The molecule has 16 heavy (non-hydrogen) atoms. The van der Waals surface area contributed by atoms with E-state index < -0.39 is 6.04 Å². The SMILES string of the molecule is CCCC(NC(=O)c1cncs1)C(N)=NO. The molecule has 1 heterocycles. The molecule has 0 saturated heterocycles. The molecule has 1 atom stereocenters. The van der Waals surface area contributed by atoms with Crippen molar-refractivity contribution in [1.82, 2.24) is 10.3 Å². The molecule has 0 aromatic carbocycles. The Hall–Kier alpha value is -1.63. The Morgan fingerprint density at radius 1 is 1.81 bits per heavy atom. The van der Waals surface area contributed by atoms with Crippen molar-refractivity contribution in [3.63, 3.8) is 0 Å². The number of amidine groups is 1. The highest BCUT2D eigenvalue weighted by Gasteiger charge is 2.17. The van der Waals surface area contributed by atoms with Crippen LogP contribution in [0.1, 0.15) is 29.4 Å². The van der Waals surface area contributed by atoms with E-state index in [4.69, 9.17) is 10.9 Å². The van der Waals surface area contributed by atoms with Crippen LogP contribution in [0.5, 0.6) is 0 Å². The Morgan fingerprint density at radius 3 is 3.06 bits per heavy atom. The minimum atomic E-state index is -0.440. The van der Waals surface area contributed by atoms with Crippen molar-refractivity contribution >= 4 is 23.1 Å². The Labute approximate surface area is 97.2 Å². The average Bonchev–Trinajstić information content (AvgIpc) is 2.80. The van der Waals surface area contributed by atoms with Gasteiger partial charge in [0.15, 0.2) is 5.84 Å². The number of thiazole rings is 1. The fraction of sp³-hybridized carbons (Fsp3) is 0.444. The molecule has 1 aromatic rings. The molecule has 0 radical (unpaired) electrons. The third kappa shape index (κ3) is 3.20. The lowest BCUT2D eigenvalue weighted by Crippen LogP contribution is -2.44. The van der Waals surface area contributed by atoms with Gasteiger partial charge in [-0.1, -0.05) is 18.5 Å². The summed E-state index contributed by atoms with van der Waals surface area (Å²) in [6.07, 6.45) is 2.93. The van der Waals surface area contributed by atoms with Crippen LogP contribution in [0.15, 0.2) is 16.9 Å². The summed E-state index contributed by atoms with van der Waals surface area (Å²) in [5.74, 6) is -0.243. The summed E-state index contributed by atoms with van der Waals surface area (Å²) in [5.41, 5.74) is 7.05. The largest absolute Gasteiger partial charge is 0.409 e. The lowest BCUT2D eigenvalue weighted by molar-refractivity contribution is 0.0948. The summed E-state index contributed by atoms with van der Waals surface area (Å²) >= 11 is 1.24. The van der Waals surface area contributed by atoms with Crippen LogP contribution in [-0.4, -0.2) is 28.0 Å². The van der Waals surface area contributed by atoms with Crippen LogP contribution in [0.3, 0.4) is 0 Å². The molecule has 1 amide bonds. The zero-order valence-corrected chi connectivity index (χ0v) is 9.70. The number of hydrogen-bond acceptors (Lipinski definition) is 5. The van der Waals surface area contributed by atoms with Gasteiger partial charge in [0.1, 0.15) is 4.88 Å². The Bertz CT molecular complexity index is 364. The second-order valence-corrected chi connectivity index (χ2v) is 4.09. The molecule has 1 aromatic heterocycles. The standard InChI is InChI=1S/C9H14N4O2S/c1-2-3-6(8(10)13-15)12-9(14)7-4-11-5-16-7/h4-6,15H,2-3H2,1H3,(H2,10,13)(H,12,14). The number of nitrogens with one attached hydrogen (secondary N) is 1. The highest BCUT2D eigenvalue weighted by Crippen LogP contribution is 2.06. The Morgan fingerprint density at radius 2 is 2.56 bits per heavy atom. The molecule has 1 rings (SSSR count). The first kappa shape index (κ1) is 12.4. The predicted octanol–water partition coefficient (Wildman–Crippen LogP) is 0.788. The topological polar surface area (TPSA) is 101 Å². The molecule has 0 saturated carbocycles. The van der Waals surface area contributed by atoms with E-state index in [1.807, 2.05) is 6.92 Å². The van der Waals surface area contributed by atoms with Gasteiger partial charge in [-0.2, -0.15) is 0 Å². The van der Waals surface area contributed by atoms with Gasteiger partial charge in [-0.05, 0) is 6.42 Å². The molecule has 0 fully saturated rings. The molecule has 6 nitrogen and oxygen atoms in total. The molecular formula is C9H14N4O2S. The second kappa shape index (κ2) is 6.06. The van der Waals surface area contributed by atoms with Gasteiger partial charge < -0.3 is 16.3 Å². The van der Waals surface area contributed by atoms with Gasteiger partial charge in [0, 0.05) is 0 Å². The fourth-order valence-corrected chi connectivity index (χ4v) is 1.73. The van der Waals surface area contributed by atoms with Crippen LogP contribution in [0.4, 0.5) is 0 Å². The summed E-state index contributed by atoms with van der Waals surface area (Å²) in [6, 6.07) is -0.440. The highest BCUT2D eigenvalue weighted by molar-refractivity contribution is 7.11. The van der Waals surface area contributed by atoms with Crippen molar-refractivity contribution in [2.24, 2.45) is 10.9 Å². The Kier molecular flexibility index (Phi) is 4.71. The molecule has 0 aliphatic carbocycles. The van der Waals surface area contributed by atoms with Gasteiger partial charge in [-0.15, -0.1) is 11.3 Å². The van der Waals surface area contributed by atoms with Crippen molar-refractivity contribution in [3.8, 4) is 0 Å². The van der Waals surface area contributed by atoms with E-state index in [1.54, 1.807) is 5.51 Å². The van der Waals surface area contributed by atoms with Crippen LogP contribution < -0.4 is 11.1 Å². The van der Waals surface area contributed by atoms with Crippen LogP contribution in [0.25, 0.3) is 0 Å². The van der Waals surface area contributed by atoms with E-state index in [-0.39, 0.29) is 11.7 Å². The van der Waals surface area contributed by atoms with Crippen molar-refractivity contribution in [1.29, 1.82) is 0 Å². The number of nitrogens with zero attached hydrogens (tertiary/aromatic N) is 2. The summed E-state index contributed by atoms with van der Waals surface area (Å²) in [7, 11) is 0. The van der Waals surface area contributed by atoms with Gasteiger partial charge in [0.05, 0.1) is 17.7 Å². The lowest BCUT2D eigenvalue weighted by atomic mass is 10.1. The molecular weight excluding hydrogens is 228 g/mol. The maximum atomic E-state index is 11.7. The normalized spacial score (nSPS) is 13.4. The molecule has 0 bridgehead atoms. The number of amides is 1. The molecule has 4 N–H and O–H groups in total. The fourth-order valence-electron chi connectivity index (χ4n) is 1.21. The van der Waals surface area contributed by atoms with Gasteiger partial charge in [0.25, 0.3) is 5.91 Å². The third-order valence-corrected chi connectivity index (χ3v) is 2.78. The zero-order valence-electron chi connectivity index (χ0n) is 8.88. The first-order valence-electron chi connectivity index (χ1n) is 4.85. The average molecular weight is 242 g/mol. The van der Waals surface area contributed by atoms with E-state index in [2.05, 4.69) is 15.5 Å². The maximum absolute atomic E-state index is 11.7. The van der Waals surface area contributed by atoms with E-state index in [0.717, 1.165) is 6.42 Å². The van der Waals surface area contributed by atoms with Crippen molar-refractivity contribution in [2.75, 3.05) is 0 Å². The molecule has 88 valence electrons. The first-order valence-corrected chi connectivity index (χ1v) is 5.73. The number of rotatable bonds is 5. The van der Waals surface area contributed by atoms with E-state index in [1.165, 1.54) is 17.5 Å². The third-order valence-electron chi connectivity index (χ3n) is 2.01. The summed E-state index contributed by atoms with van der Waals surface area (Å²) < 4.78 is 0. The van der Waals surface area contributed by atoms with E-state index in [9.17, 15) is 4.79 Å². The van der Waals surface area contributed by atoms with Gasteiger partial charge in [-0.3, -0.25) is 9.78 Å². The maximum Gasteiger partial charge on any atom is 0.263 e. The zero-order chi connectivity index (χ0) is 12.0. The van der Waals surface area contributed by atoms with Crippen molar-refractivity contribution in [3.05, 3.63) is 16.6 Å². The number of nitrogens with two attached hydrogens (primary N) is 1. The minimum Gasteiger partial charge on any atom is -0.409 e. The van der Waals surface area contributed by atoms with Crippen LogP contribution in [0, 0.1) is 0 Å². The highest BCUT2D eigenvalue weighted by atomic mass is 32.1. The number of carbonyl (C=O) groups excluding carboxylic acids is 1. The molecule has 0 aliphatic rings. The van der Waals surface area contributed by atoms with Crippen molar-refractivity contribution < 1.29 is 10.0 Å². The van der Waals surface area contributed by atoms with Crippen molar-refractivity contribution in [2.45, 2.75) is 25.8 Å². The number of hydrogen-bond donors (Lipinski definition) is 3. The van der Waals surface area contributed by atoms with Crippen LogP contribution >= 0.6 is 11.3 Å². The minimum absolute atomic E-state index is 0.0136. The number of carbonyl (C=O) groups is 1. The van der Waals surface area contributed by atoms with Crippen LogP contribution in [0.2, 0.25) is 0 Å². The molecule has 0 spiro atoms. The predicted molar refractivity (Wildman–Crippen MR) is 61.7 cm³/mol. The van der Waals surface area contributed by atoms with Gasteiger partial charge in [0.2, 0.25) is 0 Å². The van der Waals surface area contributed by atoms with Gasteiger partial charge >= 0.3 is 0 Å². The summed E-state index contributed by atoms with van der Waals surface area (Å²) in [5, 5.41) is 14.2. The monoisotopic (exact) mass is 242 g/mol. The number of aromatic nitrogens is 1. The smallest absolute Gasteiger partial charge is 0.263 e. The quantitative estimate of drug-likeness (QED) is 0.307. The summed E-state index contributed by atoms with van der Waals surface area (Å²) in [6.45, 7) is 1.95. The summed E-state index contributed by atoms with van der Waals surface area (Å²) in [4.78, 5) is 16.0.